The molecule has 27 heavy (non-hydrogen) atoms. The van der Waals surface area contributed by atoms with Crippen LogP contribution in [0.2, 0.25) is 0 Å². The van der Waals surface area contributed by atoms with Gasteiger partial charge in [-0.3, -0.25) is 4.84 Å². The molecule has 0 saturated heterocycles. The molecule has 1 N–H and O–H groups in total. The fourth-order valence-corrected chi connectivity index (χ4v) is 3.52. The van der Waals surface area contributed by atoms with E-state index in [1.165, 1.54) is 11.9 Å². The van der Waals surface area contributed by atoms with E-state index in [1.807, 2.05) is 42.5 Å². The number of fused-ring (bicyclic) bond motifs is 2. The fourth-order valence-electron chi connectivity index (χ4n) is 3.52. The summed E-state index contributed by atoms with van der Waals surface area (Å²) in [5, 5.41) is 0. The lowest BCUT2D eigenvalue weighted by atomic mass is 9.96. The summed E-state index contributed by atoms with van der Waals surface area (Å²) >= 11 is 0. The lowest BCUT2D eigenvalue weighted by Gasteiger charge is -2.20. The Kier molecular flexibility index (Phi) is 3.76. The van der Waals surface area contributed by atoms with Crippen molar-refractivity contribution in [1.29, 1.82) is 0 Å². The molecule has 1 atom stereocenters. The van der Waals surface area contributed by atoms with E-state index in [0.29, 0.717) is 11.6 Å². The van der Waals surface area contributed by atoms with Crippen molar-refractivity contribution < 1.29 is 14.3 Å². The zero-order valence-electron chi connectivity index (χ0n) is 14.5. The summed E-state index contributed by atoms with van der Waals surface area (Å²) in [6.45, 7) is 0. The van der Waals surface area contributed by atoms with Crippen LogP contribution in [-0.4, -0.2) is 9.97 Å². The van der Waals surface area contributed by atoms with Gasteiger partial charge in [-0.05, 0) is 48.2 Å². The predicted octanol–water partition coefficient (Wildman–Crippen LogP) is 3.87. The van der Waals surface area contributed by atoms with Crippen molar-refractivity contribution >= 4 is 0 Å². The SMILES string of the molecule is C1=C(Oc2cncnc2)NOC12CCc1cc(Oc3ccccc3)ccc12. The Labute approximate surface area is 156 Å². The molecule has 2 aromatic carbocycles. The van der Waals surface area contributed by atoms with Crippen LogP contribution < -0.4 is 15.0 Å². The van der Waals surface area contributed by atoms with Crippen molar-refractivity contribution in [1.82, 2.24) is 15.4 Å². The van der Waals surface area contributed by atoms with Gasteiger partial charge in [0.2, 0.25) is 5.88 Å². The highest BCUT2D eigenvalue weighted by atomic mass is 16.7. The molecule has 2 aliphatic rings. The highest BCUT2D eigenvalue weighted by molar-refractivity contribution is 5.47. The summed E-state index contributed by atoms with van der Waals surface area (Å²) in [4.78, 5) is 13.8. The fraction of sp³-hybridized carbons (Fsp3) is 0.143. The van der Waals surface area contributed by atoms with Crippen LogP contribution in [0.25, 0.3) is 0 Å². The van der Waals surface area contributed by atoms with Crippen LogP contribution in [-0.2, 0) is 16.9 Å². The number of hydroxylamine groups is 1. The third kappa shape index (κ3) is 3.00. The van der Waals surface area contributed by atoms with Gasteiger partial charge >= 0.3 is 0 Å². The van der Waals surface area contributed by atoms with E-state index in [0.717, 1.165) is 29.9 Å². The molecule has 0 radical (unpaired) electrons. The molecule has 0 bridgehead atoms. The second-order valence-electron chi connectivity index (χ2n) is 6.51. The van der Waals surface area contributed by atoms with Gasteiger partial charge in [-0.25, -0.2) is 15.4 Å². The number of aryl methyl sites for hydroxylation is 1. The molecule has 3 aromatic rings. The summed E-state index contributed by atoms with van der Waals surface area (Å²) in [7, 11) is 0. The largest absolute Gasteiger partial charge is 0.457 e. The van der Waals surface area contributed by atoms with Crippen molar-refractivity contribution in [2.24, 2.45) is 0 Å². The highest BCUT2D eigenvalue weighted by Crippen LogP contribution is 2.45. The van der Waals surface area contributed by atoms with Gasteiger partial charge in [-0.15, -0.1) is 0 Å². The third-order valence-corrected chi connectivity index (χ3v) is 4.74. The predicted molar refractivity (Wildman–Crippen MR) is 97.9 cm³/mol. The van der Waals surface area contributed by atoms with Gasteiger partial charge in [0.05, 0.1) is 12.4 Å². The average Bonchev–Trinajstić information content (AvgIpc) is 3.28. The van der Waals surface area contributed by atoms with E-state index >= 15 is 0 Å². The number of ether oxygens (including phenoxy) is 2. The van der Waals surface area contributed by atoms with Crippen LogP contribution >= 0.6 is 0 Å². The molecule has 0 fully saturated rings. The summed E-state index contributed by atoms with van der Waals surface area (Å²) in [6.07, 6.45) is 8.39. The third-order valence-electron chi connectivity index (χ3n) is 4.74. The minimum absolute atomic E-state index is 0.522. The van der Waals surface area contributed by atoms with E-state index in [2.05, 4.69) is 27.6 Å². The van der Waals surface area contributed by atoms with E-state index in [9.17, 15) is 0 Å². The molecule has 1 aliphatic heterocycles. The molecule has 1 aliphatic carbocycles. The monoisotopic (exact) mass is 359 g/mol. The first-order valence-electron chi connectivity index (χ1n) is 8.77. The van der Waals surface area contributed by atoms with Crippen LogP contribution in [0.4, 0.5) is 0 Å². The molecular formula is C21H17N3O3. The van der Waals surface area contributed by atoms with Gasteiger partial charge in [-0.2, -0.15) is 0 Å². The van der Waals surface area contributed by atoms with E-state index in [1.54, 1.807) is 12.4 Å². The van der Waals surface area contributed by atoms with Gasteiger partial charge in [0.15, 0.2) is 5.75 Å². The van der Waals surface area contributed by atoms with Gasteiger partial charge in [0.25, 0.3) is 0 Å². The zero-order chi connectivity index (χ0) is 18.1. The van der Waals surface area contributed by atoms with Crippen LogP contribution in [0.1, 0.15) is 17.5 Å². The van der Waals surface area contributed by atoms with E-state index in [4.69, 9.17) is 14.3 Å². The summed E-state index contributed by atoms with van der Waals surface area (Å²) in [6, 6.07) is 15.9. The molecule has 1 spiro atoms. The maximum absolute atomic E-state index is 5.94. The molecule has 6 heteroatoms. The van der Waals surface area contributed by atoms with Crippen molar-refractivity contribution in [3.63, 3.8) is 0 Å². The van der Waals surface area contributed by atoms with Gasteiger partial charge in [0.1, 0.15) is 23.4 Å². The smallest absolute Gasteiger partial charge is 0.216 e. The number of aromatic nitrogens is 2. The lowest BCUT2D eigenvalue weighted by Crippen LogP contribution is -2.24. The minimum atomic E-state index is -0.522. The molecule has 1 unspecified atom stereocenters. The Hall–Kier alpha value is -3.38. The van der Waals surface area contributed by atoms with E-state index in [-0.39, 0.29) is 0 Å². The first-order valence-corrected chi connectivity index (χ1v) is 8.77. The molecule has 134 valence electrons. The second-order valence-corrected chi connectivity index (χ2v) is 6.51. The summed E-state index contributed by atoms with van der Waals surface area (Å²) in [5.74, 6) is 2.75. The van der Waals surface area contributed by atoms with Crippen molar-refractivity contribution in [2.45, 2.75) is 18.4 Å². The highest BCUT2D eigenvalue weighted by Gasteiger charge is 2.43. The maximum Gasteiger partial charge on any atom is 0.216 e. The number of nitrogens with one attached hydrogen (secondary N) is 1. The summed E-state index contributed by atoms with van der Waals surface area (Å²) < 4.78 is 11.7. The number of benzene rings is 2. The molecule has 1 aromatic heterocycles. The van der Waals surface area contributed by atoms with Crippen molar-refractivity contribution in [3.05, 3.63) is 90.3 Å². The minimum Gasteiger partial charge on any atom is -0.457 e. The summed E-state index contributed by atoms with van der Waals surface area (Å²) in [5.41, 5.74) is 4.70. The van der Waals surface area contributed by atoms with Gasteiger partial charge < -0.3 is 9.47 Å². The van der Waals surface area contributed by atoms with Gasteiger partial charge in [-0.1, -0.05) is 24.3 Å². The Bertz CT molecular complexity index is 992. The molecular weight excluding hydrogens is 342 g/mol. The van der Waals surface area contributed by atoms with Crippen LogP contribution in [0, 0.1) is 0 Å². The van der Waals surface area contributed by atoms with Gasteiger partial charge in [0, 0.05) is 6.08 Å². The number of nitrogens with zero attached hydrogens (tertiary/aromatic N) is 2. The van der Waals surface area contributed by atoms with Crippen molar-refractivity contribution in [3.8, 4) is 17.2 Å². The maximum atomic E-state index is 5.94. The molecule has 2 heterocycles. The topological polar surface area (TPSA) is 65.5 Å². The standard InChI is InChI=1S/C21H17N3O3/c1-2-4-16(5-3-1)25-17-6-7-19-15(10-17)8-9-21(19)11-20(24-27-21)26-18-12-22-14-23-13-18/h1-7,10-14,24H,8-9H2. The number of hydrogen-bond acceptors (Lipinski definition) is 6. The normalized spacial score (nSPS) is 20.1. The van der Waals surface area contributed by atoms with Crippen molar-refractivity contribution in [2.75, 3.05) is 0 Å². The first kappa shape index (κ1) is 15.8. The quantitative estimate of drug-likeness (QED) is 0.763. The lowest BCUT2D eigenvalue weighted by molar-refractivity contribution is -0.0506. The number of para-hydroxylation sites is 1. The molecule has 5 rings (SSSR count). The van der Waals surface area contributed by atoms with Crippen LogP contribution in [0.15, 0.2) is 79.2 Å². The molecule has 0 amide bonds. The molecule has 0 saturated carbocycles. The average molecular weight is 359 g/mol. The first-order chi connectivity index (χ1) is 13.3. The van der Waals surface area contributed by atoms with Crippen LogP contribution in [0.5, 0.6) is 17.2 Å². The number of hydrogen-bond donors (Lipinski definition) is 1. The Morgan fingerprint density at radius 3 is 2.63 bits per heavy atom. The van der Waals surface area contributed by atoms with E-state index < -0.39 is 5.60 Å². The Balaban J connectivity index is 1.38. The zero-order valence-corrected chi connectivity index (χ0v) is 14.5. The van der Waals surface area contributed by atoms with Crippen LogP contribution in [0.3, 0.4) is 0 Å². The Morgan fingerprint density at radius 1 is 0.926 bits per heavy atom. The molecule has 6 nitrogen and oxygen atoms in total. The Morgan fingerprint density at radius 2 is 1.78 bits per heavy atom. The number of rotatable bonds is 4. The second kappa shape index (κ2) is 6.41.